The molecule has 1 atom stereocenters. The van der Waals surface area contributed by atoms with Gasteiger partial charge in [-0.3, -0.25) is 9.69 Å². The zero-order valence-corrected chi connectivity index (χ0v) is 16.8. The van der Waals surface area contributed by atoms with Gasteiger partial charge in [0.2, 0.25) is 0 Å². The highest BCUT2D eigenvalue weighted by Crippen LogP contribution is 2.39. The van der Waals surface area contributed by atoms with E-state index >= 15 is 0 Å². The van der Waals surface area contributed by atoms with Crippen molar-refractivity contribution in [1.29, 1.82) is 0 Å². The van der Waals surface area contributed by atoms with Crippen molar-refractivity contribution < 1.29 is 4.79 Å². The van der Waals surface area contributed by atoms with E-state index in [9.17, 15) is 4.79 Å². The monoisotopic (exact) mass is 389 g/mol. The third kappa shape index (κ3) is 3.43. The second kappa shape index (κ2) is 6.97. The molecule has 2 aliphatic rings. The number of likely N-dealkylation sites (tertiary alicyclic amines) is 2. The molecule has 1 amide bonds. The Bertz CT molecular complexity index is 1060. The molecule has 3 aromatic rings. The number of fused-ring (bicyclic) bond motifs is 1. The Morgan fingerprint density at radius 3 is 2.62 bits per heavy atom. The minimum absolute atomic E-state index is 0.451. The van der Waals surface area contributed by atoms with Gasteiger partial charge in [0.15, 0.2) is 0 Å². The number of nitrogens with two attached hydrogens (primary N) is 1. The van der Waals surface area contributed by atoms with Gasteiger partial charge in [0.05, 0.1) is 11.3 Å². The van der Waals surface area contributed by atoms with E-state index in [0.717, 1.165) is 17.6 Å². The molecule has 0 radical (unpaired) electrons. The molecule has 2 aromatic carbocycles. The Kier molecular flexibility index (Phi) is 4.41. The predicted molar refractivity (Wildman–Crippen MR) is 114 cm³/mol. The lowest BCUT2D eigenvalue weighted by atomic mass is 9.86. The van der Waals surface area contributed by atoms with Gasteiger partial charge in [-0.2, -0.15) is 5.10 Å². The summed E-state index contributed by atoms with van der Waals surface area (Å²) >= 11 is 0. The molecule has 0 aliphatic carbocycles. The number of primary amides is 1. The summed E-state index contributed by atoms with van der Waals surface area (Å²) in [6.07, 6.45) is 4.59. The van der Waals surface area contributed by atoms with Gasteiger partial charge in [-0.15, -0.1) is 0 Å². The summed E-state index contributed by atoms with van der Waals surface area (Å²) in [4.78, 5) is 16.7. The molecule has 29 heavy (non-hydrogen) atoms. The van der Waals surface area contributed by atoms with Crippen LogP contribution in [0.25, 0.3) is 16.6 Å². The highest BCUT2D eigenvalue weighted by Gasteiger charge is 2.42. The first-order valence-electron chi connectivity index (χ1n) is 10.3. The SMILES string of the molecule is CN1CCC2(CCN(Cc3ccc(-n4cc5cccc(C(N)=O)c5n4)cc3)C2)C1. The molecular weight excluding hydrogens is 362 g/mol. The summed E-state index contributed by atoms with van der Waals surface area (Å²) in [7, 11) is 2.24. The van der Waals surface area contributed by atoms with E-state index in [1.165, 1.54) is 44.6 Å². The number of aromatic nitrogens is 2. The van der Waals surface area contributed by atoms with Crippen LogP contribution in [0.1, 0.15) is 28.8 Å². The molecule has 2 fully saturated rings. The van der Waals surface area contributed by atoms with E-state index in [1.54, 1.807) is 6.07 Å². The van der Waals surface area contributed by atoms with Gasteiger partial charge < -0.3 is 10.6 Å². The quantitative estimate of drug-likeness (QED) is 0.745. The van der Waals surface area contributed by atoms with Crippen LogP contribution >= 0.6 is 0 Å². The number of amides is 1. The van der Waals surface area contributed by atoms with Crippen LogP contribution < -0.4 is 5.73 Å². The number of carbonyl (C=O) groups is 1. The average Bonchev–Trinajstić information content (AvgIpc) is 3.41. The Morgan fingerprint density at radius 1 is 1.10 bits per heavy atom. The van der Waals surface area contributed by atoms with Crippen molar-refractivity contribution in [3.63, 3.8) is 0 Å². The van der Waals surface area contributed by atoms with E-state index in [-0.39, 0.29) is 0 Å². The summed E-state index contributed by atoms with van der Waals surface area (Å²) in [5.41, 5.74) is 9.41. The van der Waals surface area contributed by atoms with E-state index in [1.807, 2.05) is 23.0 Å². The first-order chi connectivity index (χ1) is 14.0. The third-order valence-electron chi connectivity index (χ3n) is 6.56. The fourth-order valence-electron chi connectivity index (χ4n) is 5.04. The minimum atomic E-state index is -0.451. The van der Waals surface area contributed by atoms with E-state index < -0.39 is 5.91 Å². The largest absolute Gasteiger partial charge is 0.366 e. The van der Waals surface area contributed by atoms with Crippen molar-refractivity contribution in [2.45, 2.75) is 19.4 Å². The zero-order chi connectivity index (χ0) is 20.0. The average molecular weight is 390 g/mol. The second-order valence-corrected chi connectivity index (χ2v) is 8.80. The molecule has 2 aliphatic heterocycles. The Labute approximate surface area is 170 Å². The molecule has 1 spiro atoms. The zero-order valence-electron chi connectivity index (χ0n) is 16.8. The van der Waals surface area contributed by atoms with Crippen LogP contribution in [-0.4, -0.2) is 58.7 Å². The maximum atomic E-state index is 11.6. The van der Waals surface area contributed by atoms with Gasteiger partial charge in [0, 0.05) is 31.2 Å². The van der Waals surface area contributed by atoms with Crippen molar-refractivity contribution in [1.82, 2.24) is 19.6 Å². The van der Waals surface area contributed by atoms with Crippen molar-refractivity contribution in [2.24, 2.45) is 11.1 Å². The Hall–Kier alpha value is -2.70. The van der Waals surface area contributed by atoms with Crippen LogP contribution in [-0.2, 0) is 6.54 Å². The predicted octanol–water partition coefficient (Wildman–Crippen LogP) is 2.65. The highest BCUT2D eigenvalue weighted by atomic mass is 16.1. The maximum absolute atomic E-state index is 11.6. The summed E-state index contributed by atoms with van der Waals surface area (Å²) in [6.45, 7) is 5.87. The van der Waals surface area contributed by atoms with Crippen LogP contribution in [0, 0.1) is 5.41 Å². The summed E-state index contributed by atoms with van der Waals surface area (Å²) in [5.74, 6) is -0.451. The molecule has 0 saturated carbocycles. The number of hydrogen-bond acceptors (Lipinski definition) is 4. The first-order valence-corrected chi connectivity index (χ1v) is 10.3. The number of hydrogen-bond donors (Lipinski definition) is 1. The molecule has 6 nitrogen and oxygen atoms in total. The summed E-state index contributed by atoms with van der Waals surface area (Å²) in [6, 6.07) is 14.1. The molecule has 2 N–H and O–H groups in total. The number of carbonyl (C=O) groups excluding carboxylic acids is 1. The number of rotatable bonds is 4. The molecule has 2 saturated heterocycles. The standard InChI is InChI=1S/C23H27N5O/c1-26-11-9-23(15-26)10-12-27(16-23)13-17-5-7-19(8-6-17)28-14-18-3-2-4-20(22(24)29)21(18)25-28/h2-8,14H,9-13,15-16H2,1H3,(H2,24,29). The van der Waals surface area contributed by atoms with Crippen LogP contribution in [0.15, 0.2) is 48.7 Å². The second-order valence-electron chi connectivity index (χ2n) is 8.80. The number of benzene rings is 2. The maximum Gasteiger partial charge on any atom is 0.250 e. The normalized spacial score (nSPS) is 22.8. The van der Waals surface area contributed by atoms with Crippen LogP contribution in [0.3, 0.4) is 0 Å². The van der Waals surface area contributed by atoms with Crippen molar-refractivity contribution in [3.8, 4) is 5.69 Å². The summed E-state index contributed by atoms with van der Waals surface area (Å²) < 4.78 is 1.82. The fourth-order valence-corrected chi connectivity index (χ4v) is 5.04. The van der Waals surface area contributed by atoms with Crippen molar-refractivity contribution >= 4 is 16.8 Å². The summed E-state index contributed by atoms with van der Waals surface area (Å²) in [5, 5.41) is 5.50. The fraction of sp³-hybridized carbons (Fsp3) is 0.391. The smallest absolute Gasteiger partial charge is 0.250 e. The van der Waals surface area contributed by atoms with Crippen LogP contribution in [0.4, 0.5) is 0 Å². The van der Waals surface area contributed by atoms with Gasteiger partial charge in [-0.25, -0.2) is 4.68 Å². The Morgan fingerprint density at radius 2 is 1.90 bits per heavy atom. The van der Waals surface area contributed by atoms with Gasteiger partial charge in [0.1, 0.15) is 5.52 Å². The number of nitrogens with zero attached hydrogens (tertiary/aromatic N) is 4. The molecule has 150 valence electrons. The topological polar surface area (TPSA) is 67.4 Å². The van der Waals surface area contributed by atoms with E-state index in [0.29, 0.717) is 16.5 Å². The Balaban J connectivity index is 1.31. The molecule has 5 rings (SSSR count). The highest BCUT2D eigenvalue weighted by molar-refractivity contribution is 6.04. The van der Waals surface area contributed by atoms with Gasteiger partial charge in [-0.1, -0.05) is 24.3 Å². The van der Waals surface area contributed by atoms with Gasteiger partial charge in [-0.05, 0) is 62.2 Å². The van der Waals surface area contributed by atoms with Crippen LogP contribution in [0.5, 0.6) is 0 Å². The minimum Gasteiger partial charge on any atom is -0.366 e. The third-order valence-corrected chi connectivity index (χ3v) is 6.56. The molecule has 1 aromatic heterocycles. The molecule has 3 heterocycles. The van der Waals surface area contributed by atoms with Crippen LogP contribution in [0.2, 0.25) is 0 Å². The molecule has 6 heteroatoms. The van der Waals surface area contributed by atoms with E-state index in [4.69, 9.17) is 5.73 Å². The first kappa shape index (κ1) is 18.3. The van der Waals surface area contributed by atoms with Crippen molar-refractivity contribution in [2.75, 3.05) is 33.2 Å². The van der Waals surface area contributed by atoms with Gasteiger partial charge >= 0.3 is 0 Å². The lowest BCUT2D eigenvalue weighted by Gasteiger charge is -2.24. The lowest BCUT2D eigenvalue weighted by molar-refractivity contribution is 0.100. The van der Waals surface area contributed by atoms with E-state index in [2.05, 4.69) is 46.2 Å². The molecule has 1 unspecified atom stereocenters. The lowest BCUT2D eigenvalue weighted by Crippen LogP contribution is -2.29. The molecule has 0 bridgehead atoms. The van der Waals surface area contributed by atoms with Crippen molar-refractivity contribution in [3.05, 3.63) is 59.8 Å². The van der Waals surface area contributed by atoms with Gasteiger partial charge in [0.25, 0.3) is 5.91 Å². The molecular formula is C23H27N5O.